The number of nitrogens with two attached hydrogens (primary N) is 1. The molecule has 46 heavy (non-hydrogen) atoms. The molecule has 0 amide bonds. The third kappa shape index (κ3) is 11.1. The second-order valence-electron chi connectivity index (χ2n) is 11.1. The molecule has 246 valence electrons. The molecule has 0 bridgehead atoms. The van der Waals surface area contributed by atoms with Crippen molar-refractivity contribution in [2.45, 2.75) is 39.5 Å². The molecule has 2 aromatic heterocycles. The third-order valence-electron chi connectivity index (χ3n) is 7.62. The fourth-order valence-electron chi connectivity index (χ4n) is 5.31. The number of hydrogen-bond donors (Lipinski definition) is 1. The van der Waals surface area contributed by atoms with Gasteiger partial charge in [0.2, 0.25) is 0 Å². The van der Waals surface area contributed by atoms with Crippen LogP contribution in [0.25, 0.3) is 21.8 Å². The molecule has 0 saturated carbocycles. The Labute approximate surface area is 269 Å². The van der Waals surface area contributed by atoms with Gasteiger partial charge < -0.3 is 19.9 Å². The smallest absolute Gasteiger partial charge is 0.302 e. The first-order valence-corrected chi connectivity index (χ1v) is 15.8. The number of aromatic nitrogens is 2. The molecule has 2 aliphatic rings. The molecule has 12 heteroatoms. The van der Waals surface area contributed by atoms with Crippen molar-refractivity contribution in [2.75, 3.05) is 64.8 Å². The highest BCUT2D eigenvalue weighted by Crippen LogP contribution is 2.23. The van der Waals surface area contributed by atoms with E-state index in [0.29, 0.717) is 18.9 Å². The molecule has 2 saturated heterocycles. The molecule has 4 heterocycles. The largest absolute Gasteiger partial charge is 0.492 e. The maximum atomic E-state index is 10.8. The topological polar surface area (TPSA) is 146 Å². The first-order chi connectivity index (χ1) is 22.3. The van der Waals surface area contributed by atoms with Gasteiger partial charge in [0, 0.05) is 36.9 Å². The molecule has 2 aromatic carbocycles. The number of ether oxygens (including phenoxy) is 3. The van der Waals surface area contributed by atoms with Crippen LogP contribution >= 0.6 is 0 Å². The van der Waals surface area contributed by atoms with Crippen LogP contribution in [0.2, 0.25) is 0 Å². The van der Waals surface area contributed by atoms with E-state index in [2.05, 4.69) is 24.5 Å². The zero-order chi connectivity index (χ0) is 32.7. The van der Waals surface area contributed by atoms with Gasteiger partial charge in [-0.25, -0.2) is 4.98 Å². The minimum absolute atomic E-state index is 0.00304. The first kappa shape index (κ1) is 34.3. The van der Waals surface area contributed by atoms with Gasteiger partial charge in [0.05, 0.1) is 34.4 Å². The molecule has 4 aromatic rings. The number of nitrogens with zero attached hydrogens (tertiary/aromatic N) is 5. The number of carbonyl (C=O) groups is 1. The Hall–Kier alpha value is -4.55. The van der Waals surface area contributed by atoms with E-state index in [1.54, 1.807) is 19.2 Å². The number of hydrogen-bond acceptors (Lipinski definition) is 11. The van der Waals surface area contributed by atoms with Crippen LogP contribution < -0.4 is 15.2 Å². The number of benzene rings is 2. The van der Waals surface area contributed by atoms with Crippen LogP contribution in [-0.4, -0.2) is 89.7 Å². The van der Waals surface area contributed by atoms with Gasteiger partial charge in [-0.15, -0.1) is 0 Å². The highest BCUT2D eigenvalue weighted by atomic mass is 16.6. The lowest BCUT2D eigenvalue weighted by Gasteiger charge is -2.15. The molecule has 2 N–H and O–H groups in total. The number of esters is 1. The first-order valence-electron chi connectivity index (χ1n) is 15.8. The van der Waals surface area contributed by atoms with Gasteiger partial charge in [-0.3, -0.25) is 29.7 Å². The molecule has 2 aliphatic heterocycles. The van der Waals surface area contributed by atoms with E-state index >= 15 is 0 Å². The van der Waals surface area contributed by atoms with Gasteiger partial charge in [0.15, 0.2) is 0 Å². The van der Waals surface area contributed by atoms with E-state index in [1.165, 1.54) is 58.0 Å². The third-order valence-corrected chi connectivity index (χ3v) is 7.62. The second kappa shape index (κ2) is 17.8. The van der Waals surface area contributed by atoms with Crippen molar-refractivity contribution in [3.8, 4) is 11.5 Å². The Bertz CT molecular complexity index is 1570. The maximum absolute atomic E-state index is 10.8. The number of fused-ring (bicyclic) bond motifs is 2. The van der Waals surface area contributed by atoms with E-state index < -0.39 is 4.92 Å². The number of rotatable bonds is 10. The number of anilines is 1. The Kier molecular flexibility index (Phi) is 13.3. The molecule has 0 atom stereocenters. The van der Waals surface area contributed by atoms with Gasteiger partial charge in [-0.1, -0.05) is 0 Å². The lowest BCUT2D eigenvalue weighted by Crippen LogP contribution is -2.25. The molecule has 0 radical (unpaired) electrons. The van der Waals surface area contributed by atoms with Gasteiger partial charge in [0.1, 0.15) is 30.9 Å². The molecule has 6 rings (SSSR count). The van der Waals surface area contributed by atoms with E-state index in [9.17, 15) is 14.9 Å². The summed E-state index contributed by atoms with van der Waals surface area (Å²) in [6, 6.07) is 14.9. The van der Waals surface area contributed by atoms with Crippen molar-refractivity contribution in [2.24, 2.45) is 0 Å². The second-order valence-corrected chi connectivity index (χ2v) is 11.1. The Morgan fingerprint density at radius 2 is 1.33 bits per heavy atom. The fourth-order valence-corrected chi connectivity index (χ4v) is 5.31. The van der Waals surface area contributed by atoms with Gasteiger partial charge in [-0.05, 0) is 101 Å². The van der Waals surface area contributed by atoms with Crippen LogP contribution in [0, 0.1) is 10.1 Å². The number of nitrogen functional groups attached to an aromatic ring is 1. The molecular weight excluding hydrogens is 588 g/mol. The van der Waals surface area contributed by atoms with E-state index in [1.807, 2.05) is 36.4 Å². The summed E-state index contributed by atoms with van der Waals surface area (Å²) < 4.78 is 15.9. The summed E-state index contributed by atoms with van der Waals surface area (Å²) in [7, 11) is 0. The average molecular weight is 633 g/mol. The molecular formula is C34H44N6O6. The number of nitro groups is 1. The minimum atomic E-state index is -0.437. The Morgan fingerprint density at radius 3 is 1.78 bits per heavy atom. The Balaban J connectivity index is 0.000000179. The summed E-state index contributed by atoms with van der Waals surface area (Å²) in [6.07, 6.45) is 8.13. The van der Waals surface area contributed by atoms with Gasteiger partial charge in [0.25, 0.3) is 5.69 Å². The van der Waals surface area contributed by atoms with Crippen molar-refractivity contribution >= 4 is 39.1 Å². The van der Waals surface area contributed by atoms with Crippen molar-refractivity contribution in [1.29, 1.82) is 0 Å². The summed E-state index contributed by atoms with van der Waals surface area (Å²) in [5, 5.41) is 12.5. The zero-order valence-electron chi connectivity index (χ0n) is 26.7. The number of likely N-dealkylation sites (tertiary alicyclic amines) is 2. The standard InChI is InChI=1S/C15H17N3O3.C15H19N3O.C4H8O2/c19-18(20)13-9-12-10-14(3-4-15(12)16-11-13)21-8-7-17-5-1-2-6-17;16-13-9-12-10-14(3-4-15(12)17-11-13)19-8-7-18-5-1-2-6-18;1-3-6-4(2)5/h3-4,9-11H,1-2,5-8H2;3-4,9-11H,1-2,5-8,16H2;3H2,1-2H3. The minimum Gasteiger partial charge on any atom is -0.492 e. The SMILES string of the molecule is CCOC(C)=O.Nc1cnc2ccc(OCCN3CCCC3)cc2c1.O=[N+]([O-])c1cnc2ccc(OCCN3CCCC3)cc2c1. The van der Waals surface area contributed by atoms with Crippen LogP contribution in [0.5, 0.6) is 11.5 Å². The summed E-state index contributed by atoms with van der Waals surface area (Å²) in [5.74, 6) is 1.40. The summed E-state index contributed by atoms with van der Waals surface area (Å²) in [4.78, 5) is 33.3. The van der Waals surface area contributed by atoms with Gasteiger partial charge >= 0.3 is 5.97 Å². The maximum Gasteiger partial charge on any atom is 0.302 e. The van der Waals surface area contributed by atoms with Crippen LogP contribution in [-0.2, 0) is 9.53 Å². The van der Waals surface area contributed by atoms with E-state index in [4.69, 9.17) is 15.2 Å². The molecule has 12 nitrogen and oxygen atoms in total. The Morgan fingerprint density at radius 1 is 0.826 bits per heavy atom. The molecule has 0 unspecified atom stereocenters. The van der Waals surface area contributed by atoms with Crippen LogP contribution in [0.3, 0.4) is 0 Å². The normalized spacial score (nSPS) is 14.7. The summed E-state index contributed by atoms with van der Waals surface area (Å²) in [6.45, 7) is 11.7. The van der Waals surface area contributed by atoms with Crippen molar-refractivity contribution in [3.05, 3.63) is 71.0 Å². The number of carbonyl (C=O) groups excluding carboxylic acids is 1. The highest BCUT2D eigenvalue weighted by Gasteiger charge is 2.12. The molecule has 2 fully saturated rings. The lowest BCUT2D eigenvalue weighted by molar-refractivity contribution is -0.385. The molecule has 0 spiro atoms. The summed E-state index contributed by atoms with van der Waals surface area (Å²) >= 11 is 0. The predicted octanol–water partition coefficient (Wildman–Crippen LogP) is 5.48. The monoisotopic (exact) mass is 632 g/mol. The highest BCUT2D eigenvalue weighted by molar-refractivity contribution is 5.83. The zero-order valence-corrected chi connectivity index (χ0v) is 26.7. The van der Waals surface area contributed by atoms with E-state index in [0.717, 1.165) is 66.1 Å². The van der Waals surface area contributed by atoms with Crippen molar-refractivity contribution in [1.82, 2.24) is 19.8 Å². The van der Waals surface area contributed by atoms with Gasteiger partial charge in [-0.2, -0.15) is 0 Å². The summed E-state index contributed by atoms with van der Waals surface area (Å²) in [5.41, 5.74) is 8.10. The quantitative estimate of drug-likeness (QED) is 0.135. The van der Waals surface area contributed by atoms with E-state index in [-0.39, 0.29) is 11.7 Å². The van der Waals surface area contributed by atoms with Crippen LogP contribution in [0.15, 0.2) is 60.9 Å². The number of pyridine rings is 2. The van der Waals surface area contributed by atoms with Crippen molar-refractivity contribution in [3.63, 3.8) is 0 Å². The van der Waals surface area contributed by atoms with Crippen LogP contribution in [0.4, 0.5) is 11.4 Å². The predicted molar refractivity (Wildman–Crippen MR) is 179 cm³/mol. The average Bonchev–Trinajstić information content (AvgIpc) is 3.76. The molecule has 0 aliphatic carbocycles. The lowest BCUT2D eigenvalue weighted by atomic mass is 10.2. The van der Waals surface area contributed by atoms with Crippen LogP contribution in [0.1, 0.15) is 39.5 Å². The van der Waals surface area contributed by atoms with Crippen molar-refractivity contribution < 1.29 is 23.9 Å². The fraction of sp³-hybridized carbons (Fsp3) is 0.441.